The number of thiophene rings is 1. The number of carbonyl (C=O) groups excluding carboxylic acids is 5. The summed E-state index contributed by atoms with van der Waals surface area (Å²) in [6, 6.07) is 18.1. The van der Waals surface area contributed by atoms with Gasteiger partial charge in [0.15, 0.2) is 0 Å². The van der Waals surface area contributed by atoms with Crippen LogP contribution in [-0.4, -0.2) is 233 Å². The van der Waals surface area contributed by atoms with E-state index in [0.717, 1.165) is 177 Å². The van der Waals surface area contributed by atoms with Gasteiger partial charge in [-0.2, -0.15) is 0 Å². The van der Waals surface area contributed by atoms with E-state index in [1.54, 1.807) is 41.3 Å². The second kappa shape index (κ2) is 55.4. The van der Waals surface area contributed by atoms with Gasteiger partial charge >= 0.3 is 29.8 Å². The summed E-state index contributed by atoms with van der Waals surface area (Å²) in [5, 5.41) is 96.7. The number of benzene rings is 1. The molecular formula is C103H152N6O21S. The molecule has 5 aliphatic carbocycles. The number of nitrogens with zero attached hydrogens (tertiary/aromatic N) is 5. The maximum Gasteiger partial charge on any atom is 0.371 e. The number of aliphatic hydroxyl groups is 5. The molecule has 10 unspecified atom stereocenters. The summed E-state index contributed by atoms with van der Waals surface area (Å²) < 4.78 is 5.29. The van der Waals surface area contributed by atoms with Crippen molar-refractivity contribution >= 4 is 70.7 Å². The molecule has 28 heteroatoms. The predicted octanol–water partition coefficient (Wildman–Crippen LogP) is 17.2. The Labute approximate surface area is 778 Å². The SMILES string of the molecule is O=C(O)CC=C=CC1CCC(=O)N1CCC(O)C1CCCCC1.O=C(O)c1ccc(CCC2CCC(=O)N2CCC(O)C2CCCCC2)cc1.O=C(O)c1ccc(CCCC2CCC(=O)N2CCC(O)C2CCCCC2)[nH]1.O=C(O)c1ccc(CCCC2CCC(=O)N2CCC(O)C2CCCCC2)o1.O=C(O)c1ccc(CCCC2CCC(=O)N2CCC(O)C2CCCCC2)s1. The van der Waals surface area contributed by atoms with Crippen LogP contribution in [0.15, 0.2) is 83.0 Å². The van der Waals surface area contributed by atoms with Gasteiger partial charge in [0.2, 0.25) is 35.3 Å². The number of hydrogen-bond acceptors (Lipinski definition) is 17. The van der Waals surface area contributed by atoms with E-state index in [2.05, 4.69) is 10.7 Å². The van der Waals surface area contributed by atoms with Gasteiger partial charge in [0.05, 0.1) is 48.5 Å². The first-order valence-electron chi connectivity index (χ1n) is 50.1. The van der Waals surface area contributed by atoms with Crippen LogP contribution in [0.3, 0.4) is 0 Å². The third kappa shape index (κ3) is 34.4. The highest BCUT2D eigenvalue weighted by atomic mass is 32.1. The summed E-state index contributed by atoms with van der Waals surface area (Å²) in [7, 11) is 0. The number of carboxylic acids is 5. The Hall–Kier alpha value is -8.50. The topological polar surface area (TPSA) is 418 Å². The van der Waals surface area contributed by atoms with Crippen molar-refractivity contribution in [3.63, 3.8) is 0 Å². The quantitative estimate of drug-likeness (QED) is 0.0184. The van der Waals surface area contributed by atoms with Gasteiger partial charge in [0.1, 0.15) is 16.3 Å². The lowest BCUT2D eigenvalue weighted by atomic mass is 9.84. The van der Waals surface area contributed by atoms with Crippen molar-refractivity contribution in [2.45, 2.75) is 395 Å². The van der Waals surface area contributed by atoms with Crippen molar-refractivity contribution < 1.29 is 103 Å². The van der Waals surface area contributed by atoms with E-state index in [-0.39, 0.29) is 108 Å². The number of H-pyrrole nitrogens is 1. The second-order valence-electron chi connectivity index (χ2n) is 38.8. The fraction of sp³-hybridized carbons (Fsp3) is 0.699. The van der Waals surface area contributed by atoms with Crippen LogP contribution >= 0.6 is 11.3 Å². The summed E-state index contributed by atoms with van der Waals surface area (Å²) in [6.07, 6.45) is 51.5. The Bertz CT molecular complexity index is 3990. The van der Waals surface area contributed by atoms with Gasteiger partial charge < -0.3 is 85.0 Å². The van der Waals surface area contributed by atoms with Crippen LogP contribution in [0.25, 0.3) is 0 Å². The highest BCUT2D eigenvalue weighted by Crippen LogP contribution is 2.37. The summed E-state index contributed by atoms with van der Waals surface area (Å²) in [5.74, 6) is -1.05. The van der Waals surface area contributed by atoms with E-state index < -0.39 is 29.8 Å². The molecule has 27 nitrogen and oxygen atoms in total. The molecule has 14 rings (SSSR count). The minimum Gasteiger partial charge on any atom is -0.481 e. The van der Waals surface area contributed by atoms with Crippen molar-refractivity contribution in [2.75, 3.05) is 32.7 Å². The summed E-state index contributed by atoms with van der Waals surface area (Å²) in [6.45, 7) is 3.19. The second-order valence-corrected chi connectivity index (χ2v) is 39.9. The van der Waals surface area contributed by atoms with E-state index in [4.69, 9.17) is 29.9 Å². The Morgan fingerprint density at radius 2 is 0.771 bits per heavy atom. The number of aromatic nitrogens is 1. The van der Waals surface area contributed by atoms with Gasteiger partial charge in [-0.15, -0.1) is 17.1 Å². The Balaban J connectivity index is 0.000000170. The molecule has 10 fully saturated rings. The van der Waals surface area contributed by atoms with Gasteiger partial charge in [-0.25, -0.2) is 19.2 Å². The third-order valence-electron chi connectivity index (χ3n) is 29.8. The number of nitrogens with one attached hydrogen (secondary N) is 1. The van der Waals surface area contributed by atoms with Crippen LogP contribution in [0.2, 0.25) is 0 Å². The average Bonchev–Trinajstić information content (AvgIpc) is 1.74. The van der Waals surface area contributed by atoms with Crippen molar-refractivity contribution in [1.29, 1.82) is 0 Å². The maximum absolute atomic E-state index is 12.3. The molecule has 8 heterocycles. The number of aliphatic hydroxyl groups excluding tert-OH is 5. The Morgan fingerprint density at radius 3 is 1.14 bits per heavy atom. The summed E-state index contributed by atoms with van der Waals surface area (Å²) >= 11 is 1.34. The molecule has 5 saturated carbocycles. The molecular weight excluding hydrogens is 1690 g/mol. The molecule has 0 spiro atoms. The molecule has 5 aliphatic heterocycles. The van der Waals surface area contributed by atoms with E-state index >= 15 is 0 Å². The molecule has 0 bridgehead atoms. The molecule has 3 aromatic heterocycles. The van der Waals surface area contributed by atoms with Crippen LogP contribution in [0, 0.1) is 29.6 Å². The van der Waals surface area contributed by atoms with Gasteiger partial charge in [0, 0.05) is 106 Å². The zero-order valence-corrected chi connectivity index (χ0v) is 78.3. The maximum atomic E-state index is 12.3. The highest BCUT2D eigenvalue weighted by Gasteiger charge is 2.38. The lowest BCUT2D eigenvalue weighted by Crippen LogP contribution is -2.37. The number of hydrogen-bond donors (Lipinski definition) is 11. The van der Waals surface area contributed by atoms with E-state index in [9.17, 15) is 73.5 Å². The number of rotatable bonds is 42. The minimum atomic E-state index is -1.05. The number of likely N-dealkylation sites (tertiary alicyclic amines) is 5. The van der Waals surface area contributed by atoms with Gasteiger partial charge in [-0.3, -0.25) is 28.8 Å². The summed E-state index contributed by atoms with van der Waals surface area (Å²) in [4.78, 5) is 129. The van der Waals surface area contributed by atoms with Crippen molar-refractivity contribution in [2.24, 2.45) is 29.6 Å². The first-order chi connectivity index (χ1) is 63.2. The van der Waals surface area contributed by atoms with Crippen molar-refractivity contribution in [3.8, 4) is 0 Å². The number of aromatic amines is 1. The molecule has 10 aliphatic rings. The molecule has 1 aromatic carbocycles. The number of furan rings is 1. The van der Waals surface area contributed by atoms with Crippen LogP contribution < -0.4 is 0 Å². The fourth-order valence-electron chi connectivity index (χ4n) is 21.9. The number of aromatic carboxylic acids is 4. The monoisotopic (exact) mass is 1840 g/mol. The van der Waals surface area contributed by atoms with Gasteiger partial charge in [-0.05, 0) is 288 Å². The number of amides is 5. The van der Waals surface area contributed by atoms with Crippen LogP contribution in [0.1, 0.15) is 371 Å². The molecule has 5 saturated heterocycles. The first kappa shape index (κ1) is 105. The summed E-state index contributed by atoms with van der Waals surface area (Å²) in [5.41, 5.74) is 5.42. The molecule has 726 valence electrons. The molecule has 10 atom stereocenters. The third-order valence-corrected chi connectivity index (χ3v) is 30.9. The van der Waals surface area contributed by atoms with Crippen LogP contribution in [0.5, 0.6) is 0 Å². The number of carboxylic acid groups (broad SMARTS) is 5. The normalized spacial score (nSPS) is 22.5. The lowest BCUT2D eigenvalue weighted by Gasteiger charge is -2.30. The zero-order valence-electron chi connectivity index (χ0n) is 77.5. The Kier molecular flexibility index (Phi) is 44.2. The van der Waals surface area contributed by atoms with Gasteiger partial charge in [0.25, 0.3) is 0 Å². The molecule has 4 aromatic rings. The average molecular weight is 1840 g/mol. The first-order valence-corrected chi connectivity index (χ1v) is 50.9. The van der Waals surface area contributed by atoms with E-state index in [0.29, 0.717) is 149 Å². The van der Waals surface area contributed by atoms with E-state index in [1.165, 1.54) is 120 Å². The highest BCUT2D eigenvalue weighted by molar-refractivity contribution is 7.13. The zero-order chi connectivity index (χ0) is 93.6. The fourth-order valence-corrected chi connectivity index (χ4v) is 22.8. The Morgan fingerprint density at radius 1 is 0.389 bits per heavy atom. The lowest BCUT2D eigenvalue weighted by molar-refractivity contribution is -0.136. The number of aryl methyl sites for hydroxylation is 4. The van der Waals surface area contributed by atoms with E-state index in [1.807, 2.05) is 43.9 Å². The van der Waals surface area contributed by atoms with Crippen LogP contribution in [0.4, 0.5) is 0 Å². The number of carbonyl (C=O) groups is 10. The van der Waals surface area contributed by atoms with Crippen LogP contribution in [-0.2, 0) is 54.5 Å². The van der Waals surface area contributed by atoms with Crippen molar-refractivity contribution in [1.82, 2.24) is 29.5 Å². The predicted molar refractivity (Wildman–Crippen MR) is 500 cm³/mol. The largest absolute Gasteiger partial charge is 0.481 e. The minimum absolute atomic E-state index is 0.0221. The smallest absolute Gasteiger partial charge is 0.371 e. The molecule has 0 radical (unpaired) electrons. The number of aliphatic carboxylic acids is 1. The standard InChI is InChI=1S/C22H31NO4.C21H32N2O4.C21H31NO5.C21H31NO4S.C18H27NO4/c24-20(17-4-2-1-3-5-17)14-15-23-19(12-13-21(23)25)11-8-16-6-9-18(10-7-16)22(26)27;24-19(15-5-2-1-3-6-15)13-14-23-17(10-12-20(23)25)8-4-7-16-9-11-18(22-16)21(26)27;2*23-18(15-5-2-1-3-6-15)13-14-22-16(9-12-20(22)24)7-4-8-17-10-11-19(27-17)21(25)26;20-16(14-6-2-1-3-7-14)12-13-19-15(10-11-17(19)21)8-4-5-9-18(22)23/h6-7,9-10,17,19-20,24H,1-5,8,11-15H2,(H,26,27);9,11,15,17,19,22,24H,1-8,10,12-14H2,(H,26,27);2*10-11,15-16,18,23H,1-9,12-14H2,(H,25,26);5,8,14-16,20H,1-3,6-7,9-13H2,(H,22,23). The van der Waals surface area contributed by atoms with Gasteiger partial charge in [-0.1, -0.05) is 108 Å². The molecule has 5 amide bonds. The molecule has 131 heavy (non-hydrogen) atoms. The molecule has 11 N–H and O–H groups in total. The van der Waals surface area contributed by atoms with Crippen molar-refractivity contribution in [3.05, 3.63) is 122 Å².